The van der Waals surface area contributed by atoms with Crippen LogP contribution in [-0.4, -0.2) is 17.9 Å². The van der Waals surface area contributed by atoms with Crippen molar-refractivity contribution in [3.8, 4) is 0 Å². The summed E-state index contributed by atoms with van der Waals surface area (Å²) in [6.07, 6.45) is 4.54. The molecule has 1 radical (unpaired) electrons. The molecule has 0 heterocycles. The summed E-state index contributed by atoms with van der Waals surface area (Å²) in [5.74, 6) is -0.781. The van der Waals surface area contributed by atoms with Crippen molar-refractivity contribution in [2.75, 3.05) is 0 Å². The summed E-state index contributed by atoms with van der Waals surface area (Å²) in [5, 5.41) is 0. The summed E-state index contributed by atoms with van der Waals surface area (Å²) in [7, 11) is 0. The van der Waals surface area contributed by atoms with Crippen LogP contribution in [0.25, 0.3) is 0 Å². The minimum absolute atomic E-state index is 0.0153. The molecule has 0 aromatic rings. The van der Waals surface area contributed by atoms with Gasteiger partial charge in [0.1, 0.15) is 11.6 Å². The summed E-state index contributed by atoms with van der Waals surface area (Å²) in [6.45, 7) is 3.45. The normalized spacial score (nSPS) is 12.1. The van der Waals surface area contributed by atoms with E-state index in [1.165, 1.54) is 6.92 Å². The minimum Gasteiger partial charge on any atom is -0.300 e. The highest BCUT2D eigenvalue weighted by Crippen LogP contribution is 2.10. The van der Waals surface area contributed by atoms with E-state index >= 15 is 0 Å². The lowest BCUT2D eigenvalue weighted by molar-refractivity contribution is -0.124. The van der Waals surface area contributed by atoms with E-state index in [1.54, 1.807) is 6.29 Å². The first-order valence-electron chi connectivity index (χ1n) is 5.01. The predicted molar refractivity (Wildman–Crippen MR) is 53.6 cm³/mol. The second kappa shape index (κ2) is 7.42. The molecule has 0 saturated heterocycles. The van der Waals surface area contributed by atoms with E-state index in [4.69, 9.17) is 0 Å². The van der Waals surface area contributed by atoms with Gasteiger partial charge in [0.15, 0.2) is 0 Å². The highest BCUT2D eigenvalue weighted by atomic mass is 16.1. The molecule has 0 fully saturated rings. The molecule has 0 aliphatic rings. The Morgan fingerprint density at radius 2 is 1.93 bits per heavy atom. The standard InChI is InChI=1S/C11H17O3/c1-3-4-5-10(8-12)11(14)7-6-9(2)13/h10H,3-7H2,1-2H3. The zero-order chi connectivity index (χ0) is 11.0. The van der Waals surface area contributed by atoms with E-state index in [9.17, 15) is 14.4 Å². The van der Waals surface area contributed by atoms with E-state index in [0.717, 1.165) is 12.8 Å². The lowest BCUT2D eigenvalue weighted by atomic mass is 9.95. The maximum Gasteiger partial charge on any atom is 0.209 e. The lowest BCUT2D eigenvalue weighted by Gasteiger charge is -2.06. The van der Waals surface area contributed by atoms with Crippen LogP contribution in [0.1, 0.15) is 46.0 Å². The molecule has 0 amide bonds. The van der Waals surface area contributed by atoms with Crippen molar-refractivity contribution in [3.63, 3.8) is 0 Å². The second-order valence-electron chi connectivity index (χ2n) is 3.48. The van der Waals surface area contributed by atoms with Crippen LogP contribution in [0.4, 0.5) is 0 Å². The van der Waals surface area contributed by atoms with Crippen LogP contribution < -0.4 is 0 Å². The Balaban J connectivity index is 3.91. The first-order valence-corrected chi connectivity index (χ1v) is 5.01. The maximum atomic E-state index is 11.4. The third-order valence-electron chi connectivity index (χ3n) is 2.10. The zero-order valence-electron chi connectivity index (χ0n) is 8.84. The molecule has 3 nitrogen and oxygen atoms in total. The molecule has 0 spiro atoms. The zero-order valence-corrected chi connectivity index (χ0v) is 8.84. The van der Waals surface area contributed by atoms with Gasteiger partial charge in [-0.15, -0.1) is 0 Å². The van der Waals surface area contributed by atoms with E-state index in [-0.39, 0.29) is 24.4 Å². The fourth-order valence-corrected chi connectivity index (χ4v) is 1.17. The van der Waals surface area contributed by atoms with E-state index in [0.29, 0.717) is 6.42 Å². The number of unbranched alkanes of at least 4 members (excludes halogenated alkanes) is 1. The van der Waals surface area contributed by atoms with Gasteiger partial charge >= 0.3 is 0 Å². The first kappa shape index (κ1) is 13.0. The van der Waals surface area contributed by atoms with E-state index < -0.39 is 5.92 Å². The summed E-state index contributed by atoms with van der Waals surface area (Å²) in [4.78, 5) is 32.5. The molecule has 0 aliphatic carbocycles. The molecule has 79 valence electrons. The molecule has 1 atom stereocenters. The van der Waals surface area contributed by atoms with Crippen LogP contribution in [0.5, 0.6) is 0 Å². The van der Waals surface area contributed by atoms with Gasteiger partial charge in [-0.05, 0) is 13.3 Å². The van der Waals surface area contributed by atoms with Gasteiger partial charge in [0, 0.05) is 12.8 Å². The van der Waals surface area contributed by atoms with E-state index in [1.807, 2.05) is 6.92 Å². The van der Waals surface area contributed by atoms with Crippen molar-refractivity contribution in [2.24, 2.45) is 5.92 Å². The van der Waals surface area contributed by atoms with Crippen molar-refractivity contribution < 1.29 is 14.4 Å². The summed E-state index contributed by atoms with van der Waals surface area (Å²) in [5.41, 5.74) is 0. The van der Waals surface area contributed by atoms with E-state index in [2.05, 4.69) is 0 Å². The smallest absolute Gasteiger partial charge is 0.209 e. The number of rotatable bonds is 8. The Hall–Kier alpha value is -0.990. The number of hydrogen-bond donors (Lipinski definition) is 0. The fraction of sp³-hybridized carbons (Fsp3) is 0.727. The van der Waals surface area contributed by atoms with Crippen molar-refractivity contribution in [3.05, 3.63) is 0 Å². The molecule has 0 aliphatic heterocycles. The molecule has 0 N–H and O–H groups in total. The minimum atomic E-state index is -0.616. The van der Waals surface area contributed by atoms with Crippen molar-refractivity contribution in [2.45, 2.75) is 46.0 Å². The molecule has 14 heavy (non-hydrogen) atoms. The molecular weight excluding hydrogens is 180 g/mol. The van der Waals surface area contributed by atoms with Gasteiger partial charge in [-0.1, -0.05) is 19.8 Å². The number of hydrogen-bond acceptors (Lipinski definition) is 3. The van der Waals surface area contributed by atoms with Gasteiger partial charge in [-0.3, -0.25) is 9.59 Å². The Labute approximate surface area is 84.9 Å². The van der Waals surface area contributed by atoms with Crippen molar-refractivity contribution in [1.82, 2.24) is 0 Å². The quantitative estimate of drug-likeness (QED) is 0.558. The second-order valence-corrected chi connectivity index (χ2v) is 3.48. The number of ketones is 2. The molecule has 0 saturated carbocycles. The van der Waals surface area contributed by atoms with Gasteiger partial charge < -0.3 is 4.79 Å². The molecule has 0 rings (SSSR count). The predicted octanol–water partition coefficient (Wildman–Crippen LogP) is 1.84. The Kier molecular flexibility index (Phi) is 6.89. The fourth-order valence-electron chi connectivity index (χ4n) is 1.17. The van der Waals surface area contributed by atoms with Gasteiger partial charge in [0.25, 0.3) is 0 Å². The average molecular weight is 197 g/mol. The van der Waals surface area contributed by atoms with Crippen LogP contribution in [0, 0.1) is 5.92 Å². The van der Waals surface area contributed by atoms with Crippen LogP contribution in [0.3, 0.4) is 0 Å². The highest BCUT2D eigenvalue weighted by molar-refractivity contribution is 5.95. The van der Waals surface area contributed by atoms with Crippen molar-refractivity contribution in [1.29, 1.82) is 0 Å². The Morgan fingerprint density at radius 1 is 1.29 bits per heavy atom. The van der Waals surface area contributed by atoms with Gasteiger partial charge in [0.2, 0.25) is 6.29 Å². The molecule has 3 heteroatoms. The number of Topliss-reactive ketones (excluding diaryl/α,β-unsaturated/α-hetero) is 2. The molecule has 0 aromatic carbocycles. The van der Waals surface area contributed by atoms with Crippen LogP contribution in [0.15, 0.2) is 0 Å². The largest absolute Gasteiger partial charge is 0.300 e. The number of carbonyl (C=O) groups is 2. The van der Waals surface area contributed by atoms with Gasteiger partial charge in [-0.25, -0.2) is 0 Å². The Bertz CT molecular complexity index is 209. The SMILES string of the molecule is CCCCC([C]=O)C(=O)CCC(C)=O. The Morgan fingerprint density at radius 3 is 2.36 bits per heavy atom. The number of carbonyl (C=O) groups excluding carboxylic acids is 3. The topological polar surface area (TPSA) is 51.2 Å². The van der Waals surface area contributed by atoms with Gasteiger partial charge in [0.05, 0.1) is 5.92 Å². The highest BCUT2D eigenvalue weighted by Gasteiger charge is 2.17. The monoisotopic (exact) mass is 197 g/mol. The third kappa shape index (κ3) is 5.62. The first-order chi connectivity index (χ1) is 6.61. The lowest BCUT2D eigenvalue weighted by Crippen LogP contribution is -2.16. The molecular formula is C11H17O3. The third-order valence-corrected chi connectivity index (χ3v) is 2.10. The molecule has 0 aromatic heterocycles. The van der Waals surface area contributed by atoms with Gasteiger partial charge in [-0.2, -0.15) is 0 Å². The molecule has 0 bridgehead atoms. The summed E-state index contributed by atoms with van der Waals surface area (Å²) < 4.78 is 0. The van der Waals surface area contributed by atoms with Crippen LogP contribution in [0.2, 0.25) is 0 Å². The summed E-state index contributed by atoms with van der Waals surface area (Å²) >= 11 is 0. The average Bonchev–Trinajstić information content (AvgIpc) is 2.16. The molecule has 1 unspecified atom stereocenters. The maximum absolute atomic E-state index is 11.4. The summed E-state index contributed by atoms with van der Waals surface area (Å²) in [6, 6.07) is 0. The van der Waals surface area contributed by atoms with Crippen LogP contribution in [-0.2, 0) is 14.4 Å². The van der Waals surface area contributed by atoms with Crippen LogP contribution >= 0.6 is 0 Å². The van der Waals surface area contributed by atoms with Crippen molar-refractivity contribution >= 4 is 17.9 Å².